The lowest BCUT2D eigenvalue weighted by Crippen LogP contribution is -2.41. The Bertz CT molecular complexity index is 493. The third kappa shape index (κ3) is 7.02. The molecule has 0 radical (unpaired) electrons. The van der Waals surface area contributed by atoms with Crippen molar-refractivity contribution in [3.05, 3.63) is 18.5 Å². The van der Waals surface area contributed by atoms with Crippen molar-refractivity contribution in [2.45, 2.75) is 58.0 Å². The SMILES string of the molecule is CCNC(=NCC(=O)NC1CCCCC1)NCCCn1cccn1. The van der Waals surface area contributed by atoms with Gasteiger partial charge >= 0.3 is 0 Å². The lowest BCUT2D eigenvalue weighted by Gasteiger charge is -2.22. The third-order valence-electron chi connectivity index (χ3n) is 4.11. The zero-order valence-corrected chi connectivity index (χ0v) is 14.6. The number of aryl methyl sites for hydroxylation is 1. The van der Waals surface area contributed by atoms with Crippen LogP contribution >= 0.6 is 0 Å². The predicted octanol–water partition coefficient (Wildman–Crippen LogP) is 1.28. The predicted molar refractivity (Wildman–Crippen MR) is 95.8 cm³/mol. The van der Waals surface area contributed by atoms with E-state index in [2.05, 4.69) is 26.0 Å². The summed E-state index contributed by atoms with van der Waals surface area (Å²) in [7, 11) is 0. The van der Waals surface area contributed by atoms with E-state index in [1.54, 1.807) is 6.20 Å². The fourth-order valence-corrected chi connectivity index (χ4v) is 2.89. The van der Waals surface area contributed by atoms with Crippen molar-refractivity contribution in [2.24, 2.45) is 4.99 Å². The number of aliphatic imine (C=N–C) groups is 1. The molecule has 1 fully saturated rings. The van der Waals surface area contributed by atoms with Crippen LogP contribution in [0.3, 0.4) is 0 Å². The van der Waals surface area contributed by atoms with Gasteiger partial charge < -0.3 is 16.0 Å². The van der Waals surface area contributed by atoms with Gasteiger partial charge in [0, 0.05) is 38.1 Å². The largest absolute Gasteiger partial charge is 0.357 e. The molecule has 7 heteroatoms. The van der Waals surface area contributed by atoms with Crippen LogP contribution in [0, 0.1) is 0 Å². The Morgan fingerprint density at radius 2 is 2.12 bits per heavy atom. The summed E-state index contributed by atoms with van der Waals surface area (Å²) in [4.78, 5) is 16.4. The molecule has 1 aromatic rings. The molecule has 1 aliphatic carbocycles. The molecule has 1 saturated carbocycles. The summed E-state index contributed by atoms with van der Waals surface area (Å²) in [5.41, 5.74) is 0. The maximum atomic E-state index is 12.0. The number of hydrogen-bond acceptors (Lipinski definition) is 3. The van der Waals surface area contributed by atoms with Crippen molar-refractivity contribution < 1.29 is 4.79 Å². The maximum absolute atomic E-state index is 12.0. The van der Waals surface area contributed by atoms with Gasteiger partial charge in [0.25, 0.3) is 0 Å². The zero-order valence-electron chi connectivity index (χ0n) is 14.6. The second kappa shape index (κ2) is 10.7. The molecule has 2 rings (SSSR count). The van der Waals surface area contributed by atoms with Gasteiger partial charge in [-0.15, -0.1) is 0 Å². The molecule has 0 atom stereocenters. The van der Waals surface area contributed by atoms with Gasteiger partial charge in [-0.25, -0.2) is 4.99 Å². The minimum atomic E-state index is 0.00986. The van der Waals surface area contributed by atoms with E-state index in [-0.39, 0.29) is 12.5 Å². The van der Waals surface area contributed by atoms with Gasteiger partial charge in [-0.05, 0) is 32.3 Å². The molecular weight excluding hydrogens is 304 g/mol. The van der Waals surface area contributed by atoms with Crippen molar-refractivity contribution in [3.8, 4) is 0 Å². The zero-order chi connectivity index (χ0) is 17.0. The first-order chi connectivity index (χ1) is 11.8. The number of amides is 1. The molecule has 134 valence electrons. The third-order valence-corrected chi connectivity index (χ3v) is 4.11. The lowest BCUT2D eigenvalue weighted by atomic mass is 9.95. The summed E-state index contributed by atoms with van der Waals surface area (Å²) in [6.07, 6.45) is 10.6. The number of nitrogens with zero attached hydrogens (tertiary/aromatic N) is 3. The Morgan fingerprint density at radius 3 is 2.83 bits per heavy atom. The molecule has 0 unspecified atom stereocenters. The Labute approximate surface area is 144 Å². The molecule has 3 N–H and O–H groups in total. The van der Waals surface area contributed by atoms with Crippen LogP contribution in [-0.4, -0.2) is 47.3 Å². The van der Waals surface area contributed by atoms with Gasteiger partial charge in [-0.2, -0.15) is 5.10 Å². The van der Waals surface area contributed by atoms with Gasteiger partial charge in [-0.3, -0.25) is 9.48 Å². The summed E-state index contributed by atoms with van der Waals surface area (Å²) in [6.45, 7) is 4.61. The van der Waals surface area contributed by atoms with E-state index in [0.29, 0.717) is 12.0 Å². The second-order valence-corrected chi connectivity index (χ2v) is 6.15. The number of carbonyl (C=O) groups is 1. The monoisotopic (exact) mass is 334 g/mol. The molecule has 0 bridgehead atoms. The Kier molecular flexibility index (Phi) is 8.13. The van der Waals surface area contributed by atoms with E-state index in [1.165, 1.54) is 19.3 Å². The van der Waals surface area contributed by atoms with Crippen molar-refractivity contribution in [1.29, 1.82) is 0 Å². The van der Waals surface area contributed by atoms with E-state index in [1.807, 2.05) is 23.9 Å². The van der Waals surface area contributed by atoms with Crippen LogP contribution in [0.2, 0.25) is 0 Å². The molecule has 0 aliphatic heterocycles. The standard InChI is InChI=1S/C17H30N6O/c1-2-18-17(19-10-6-12-23-13-7-11-21-23)20-14-16(24)22-15-8-4-3-5-9-15/h7,11,13,15H,2-6,8-10,12,14H2,1H3,(H,22,24)(H2,18,19,20). The molecule has 1 aliphatic rings. The fourth-order valence-electron chi connectivity index (χ4n) is 2.89. The second-order valence-electron chi connectivity index (χ2n) is 6.15. The lowest BCUT2D eigenvalue weighted by molar-refractivity contribution is -0.120. The molecule has 0 spiro atoms. The Balaban J connectivity index is 1.67. The normalized spacial score (nSPS) is 16.0. The van der Waals surface area contributed by atoms with Crippen molar-refractivity contribution in [3.63, 3.8) is 0 Å². The van der Waals surface area contributed by atoms with E-state index in [9.17, 15) is 4.79 Å². The molecule has 1 amide bonds. The number of guanidine groups is 1. The molecule has 1 heterocycles. The summed E-state index contributed by atoms with van der Waals surface area (Å²) in [5, 5.41) is 13.7. The van der Waals surface area contributed by atoms with Crippen molar-refractivity contribution in [1.82, 2.24) is 25.7 Å². The van der Waals surface area contributed by atoms with Gasteiger partial charge in [0.05, 0.1) is 0 Å². The van der Waals surface area contributed by atoms with E-state index >= 15 is 0 Å². The number of hydrogen-bond donors (Lipinski definition) is 3. The van der Waals surface area contributed by atoms with Gasteiger partial charge in [0.2, 0.25) is 5.91 Å². The van der Waals surface area contributed by atoms with Gasteiger partial charge in [0.15, 0.2) is 5.96 Å². The van der Waals surface area contributed by atoms with Gasteiger partial charge in [0.1, 0.15) is 6.54 Å². The summed E-state index contributed by atoms with van der Waals surface area (Å²) < 4.78 is 1.91. The maximum Gasteiger partial charge on any atom is 0.242 e. The fraction of sp³-hybridized carbons (Fsp3) is 0.706. The van der Waals surface area contributed by atoms with Crippen molar-refractivity contribution in [2.75, 3.05) is 19.6 Å². The molecule has 7 nitrogen and oxygen atoms in total. The molecular formula is C17H30N6O. The average Bonchev–Trinajstić information content (AvgIpc) is 3.11. The Morgan fingerprint density at radius 1 is 1.29 bits per heavy atom. The number of carbonyl (C=O) groups excluding carboxylic acids is 1. The van der Waals surface area contributed by atoms with E-state index < -0.39 is 0 Å². The quantitative estimate of drug-likeness (QED) is 0.380. The van der Waals surface area contributed by atoms with Crippen LogP contribution in [0.5, 0.6) is 0 Å². The van der Waals surface area contributed by atoms with Crippen LogP contribution in [0.4, 0.5) is 0 Å². The molecule has 0 saturated heterocycles. The first-order valence-electron chi connectivity index (χ1n) is 9.07. The van der Waals surface area contributed by atoms with E-state index in [0.717, 1.165) is 38.9 Å². The highest BCUT2D eigenvalue weighted by molar-refractivity contribution is 5.84. The molecule has 1 aromatic heterocycles. The number of aromatic nitrogens is 2. The van der Waals surface area contributed by atoms with Crippen LogP contribution < -0.4 is 16.0 Å². The molecule has 0 aromatic carbocycles. The van der Waals surface area contributed by atoms with Crippen LogP contribution in [0.25, 0.3) is 0 Å². The smallest absolute Gasteiger partial charge is 0.242 e. The van der Waals surface area contributed by atoms with Crippen LogP contribution in [0.1, 0.15) is 45.4 Å². The van der Waals surface area contributed by atoms with E-state index in [4.69, 9.17) is 0 Å². The number of rotatable bonds is 8. The first kappa shape index (κ1) is 18.3. The average molecular weight is 334 g/mol. The minimum absolute atomic E-state index is 0.00986. The Hall–Kier alpha value is -2.05. The summed E-state index contributed by atoms with van der Waals surface area (Å²) >= 11 is 0. The van der Waals surface area contributed by atoms with Gasteiger partial charge in [-0.1, -0.05) is 19.3 Å². The topological polar surface area (TPSA) is 83.3 Å². The molecule has 24 heavy (non-hydrogen) atoms. The highest BCUT2D eigenvalue weighted by Gasteiger charge is 2.15. The minimum Gasteiger partial charge on any atom is -0.357 e. The van der Waals surface area contributed by atoms with Crippen molar-refractivity contribution >= 4 is 11.9 Å². The summed E-state index contributed by atoms with van der Waals surface area (Å²) in [6, 6.07) is 2.26. The van der Waals surface area contributed by atoms with Crippen LogP contribution in [0.15, 0.2) is 23.5 Å². The highest BCUT2D eigenvalue weighted by atomic mass is 16.1. The van der Waals surface area contributed by atoms with Crippen LogP contribution in [-0.2, 0) is 11.3 Å². The summed E-state index contributed by atoms with van der Waals surface area (Å²) in [5.74, 6) is 0.701. The first-order valence-corrected chi connectivity index (χ1v) is 9.07. The highest BCUT2D eigenvalue weighted by Crippen LogP contribution is 2.17. The number of nitrogens with one attached hydrogen (secondary N) is 3.